The van der Waals surface area contributed by atoms with Crippen molar-refractivity contribution in [3.63, 3.8) is 0 Å². The first kappa shape index (κ1) is 80.3. The maximum Gasteiger partial charge on any atom is 0.153 e. The van der Waals surface area contributed by atoms with Gasteiger partial charge in [-0.2, -0.15) is 0 Å². The normalized spacial score (nSPS) is 14.4. The highest BCUT2D eigenvalue weighted by Crippen LogP contribution is 2.70. The molecule has 668 valence electrons. The van der Waals surface area contributed by atoms with E-state index in [0.29, 0.717) is 0 Å². The molecule has 0 radical (unpaired) electrons. The van der Waals surface area contributed by atoms with Crippen LogP contribution in [-0.4, -0.2) is 28.7 Å². The van der Waals surface area contributed by atoms with E-state index < -0.39 is 16.2 Å². The summed E-state index contributed by atoms with van der Waals surface area (Å²) in [5, 5.41) is 0. The Hall–Kier alpha value is -17.8. The number of imidazole rings is 3. The molecule has 9 heteroatoms. The molecule has 0 bridgehead atoms. The number of rotatable bonds is 8. The number of aromatic nitrogens is 6. The van der Waals surface area contributed by atoms with Gasteiger partial charge in [0.1, 0.15) is 34.0 Å². The van der Waals surface area contributed by atoms with Crippen molar-refractivity contribution in [1.82, 2.24) is 28.7 Å². The van der Waals surface area contributed by atoms with Gasteiger partial charge in [-0.25, -0.2) is 15.0 Å². The van der Waals surface area contributed by atoms with Crippen LogP contribution >= 0.6 is 0 Å². The second-order valence-electron chi connectivity index (χ2n) is 38.8. The van der Waals surface area contributed by atoms with E-state index in [1.165, 1.54) is 167 Å². The van der Waals surface area contributed by atoms with Gasteiger partial charge in [-0.15, -0.1) is 0 Å². The van der Waals surface area contributed by atoms with E-state index in [9.17, 15) is 0 Å². The molecule has 0 saturated heterocycles. The Kier molecular flexibility index (Phi) is 17.0. The van der Waals surface area contributed by atoms with Gasteiger partial charge in [0, 0.05) is 19.3 Å². The highest BCUT2D eigenvalue weighted by Gasteiger charge is 2.60. The molecule has 32 rings (SSSR count). The van der Waals surface area contributed by atoms with E-state index in [-0.39, 0.29) is 5.41 Å². The highest BCUT2D eigenvalue weighted by atomic mass is 16.5. The molecule has 9 nitrogen and oxygen atoms in total. The van der Waals surface area contributed by atoms with E-state index in [0.717, 1.165) is 133 Å². The summed E-state index contributed by atoms with van der Waals surface area (Å²) in [4.78, 5) is 14.9. The summed E-state index contributed by atoms with van der Waals surface area (Å²) in [5.41, 5.74) is 48.9. The summed E-state index contributed by atoms with van der Waals surface area (Å²) < 4.78 is 26.2. The third-order valence-corrected chi connectivity index (χ3v) is 32.3. The summed E-state index contributed by atoms with van der Waals surface area (Å²) in [7, 11) is 0. The summed E-state index contributed by atoms with van der Waals surface area (Å²) in [6, 6.07) is 163. The Morgan fingerprint density at radius 3 is 0.683 bits per heavy atom. The first-order valence-electron chi connectivity index (χ1n) is 49.7. The lowest BCUT2D eigenvalue weighted by Gasteiger charge is -2.48. The zero-order valence-corrected chi connectivity index (χ0v) is 78.2. The number of aryl methyl sites for hydroxylation is 3. The first-order valence-corrected chi connectivity index (χ1v) is 49.7. The fourth-order valence-electron chi connectivity index (χ4n) is 26.7. The van der Waals surface area contributed by atoms with Crippen molar-refractivity contribution in [1.29, 1.82) is 0 Å². The lowest BCUT2D eigenvalue weighted by atomic mass is 9.52. The van der Waals surface area contributed by atoms with Crippen molar-refractivity contribution in [3.8, 4) is 141 Å². The molecule has 6 aliphatic carbocycles. The van der Waals surface area contributed by atoms with Crippen LogP contribution in [0.3, 0.4) is 0 Å². The Morgan fingerprint density at radius 2 is 0.401 bits per heavy atom. The molecule has 0 unspecified atom stereocenters. The molecule has 23 aromatic rings. The molecule has 3 spiro atoms. The molecule has 0 atom stereocenters. The third kappa shape index (κ3) is 10.6. The van der Waals surface area contributed by atoms with Gasteiger partial charge in [0.05, 0.1) is 55.3 Å². The van der Waals surface area contributed by atoms with E-state index in [1.807, 2.05) is 36.4 Å². The minimum atomic E-state index is -0.533. The molecular weight excluding hydrogens is 1730 g/mol. The standard InChI is InChI=1S/C53H34N2O.C40H26N2O.C40H28N2O/c1-2-50-54-46-24-13-25-49-51(46)55(50)47-31-33(27-29-48(47)56-49)32-26-28-37-36-16-5-8-19-40(36)53(45(37)30-32)43-22-11-9-20-41(43)52(42-21-10-12-23-44(42)53)38-17-6-3-14-34(38)35-15-4-7-18-39(35)52;1-2-38-41-34-16-9-17-37-39(34)42(38)35-23-25(19-21-36(35)43-37)24-18-20-29-28-12-5-8-15-32(28)40(33(29)22-24)30-13-6-3-10-26(30)27-11-4-7-14-31(27)40;1-2-38-41-34-18-11-19-37-39(34)42(38)35-25-27(21-23-36(35)43-37)26-20-22-31-30-16-9-10-17-32(30)40(33(31)24-26,28-12-5-3-6-13-28)29-14-7-4-8-15-29/h3-31H,2H2,1H3;3-23H,2H2,1H3;3-25H,2H2,1H3. The van der Waals surface area contributed by atoms with Crippen molar-refractivity contribution >= 4 is 33.1 Å². The van der Waals surface area contributed by atoms with E-state index in [2.05, 4.69) is 441 Å². The van der Waals surface area contributed by atoms with Crippen LogP contribution in [-0.2, 0) is 40.9 Å². The number of hydrogen-bond donors (Lipinski definition) is 0. The van der Waals surface area contributed by atoms with Crippen molar-refractivity contribution in [2.75, 3.05) is 0 Å². The topological polar surface area (TPSA) is 81.1 Å². The van der Waals surface area contributed by atoms with Gasteiger partial charge in [-0.05, 0) is 269 Å². The Morgan fingerprint density at radius 1 is 0.183 bits per heavy atom. The predicted molar refractivity (Wildman–Crippen MR) is 570 cm³/mol. The van der Waals surface area contributed by atoms with Crippen LogP contribution in [0.25, 0.3) is 139 Å². The summed E-state index contributed by atoms with van der Waals surface area (Å²) in [5.74, 6) is 8.27. The zero-order chi connectivity index (χ0) is 93.6. The molecule has 6 heterocycles. The van der Waals surface area contributed by atoms with Gasteiger partial charge in [0.25, 0.3) is 0 Å². The van der Waals surface area contributed by atoms with Gasteiger partial charge in [-0.1, -0.05) is 373 Å². The fourth-order valence-corrected chi connectivity index (χ4v) is 26.7. The SMILES string of the molecule is CCc1nc2cccc3c2n1-c1cc(-c2ccc4c(c2)C(c2ccccc2)(c2ccccc2)c2ccccc2-4)ccc1O3.CCc1nc2cccc3c2n1-c1cc(-c2ccc4c(c2)C2(c5ccccc5-4)c4ccccc4C4(c5ccccc5-c5ccccc54)c4ccccc42)ccc1O3.CCc1nc2cccc3c2n1-c1cc(-c2ccc4c(c2)C2(c5ccccc5-c5ccccc52)c2ccccc2-4)ccc1O3. The van der Waals surface area contributed by atoms with Crippen LogP contribution in [0, 0.1) is 0 Å². The van der Waals surface area contributed by atoms with Gasteiger partial charge in [0.15, 0.2) is 34.5 Å². The maximum absolute atomic E-state index is 6.52. The van der Waals surface area contributed by atoms with Crippen molar-refractivity contribution < 1.29 is 14.2 Å². The average molecular weight is 1820 g/mol. The maximum atomic E-state index is 6.52. The van der Waals surface area contributed by atoms with Crippen LogP contribution in [0.1, 0.15) is 127 Å². The molecule has 20 aromatic carbocycles. The van der Waals surface area contributed by atoms with E-state index >= 15 is 0 Å². The second-order valence-corrected chi connectivity index (χ2v) is 38.8. The number of nitrogens with zero attached hydrogens (tertiary/aromatic N) is 6. The lowest BCUT2D eigenvalue weighted by molar-refractivity contribution is 0.474. The molecule has 142 heavy (non-hydrogen) atoms. The number of hydrogen-bond acceptors (Lipinski definition) is 6. The van der Waals surface area contributed by atoms with Crippen LogP contribution in [0.4, 0.5) is 0 Å². The fraction of sp³-hybridized carbons (Fsp3) is 0.0752. The summed E-state index contributed by atoms with van der Waals surface area (Å²) >= 11 is 0. The molecule has 3 aromatic heterocycles. The number of ether oxygens (including phenoxy) is 3. The Bertz CT molecular complexity index is 8950. The minimum Gasteiger partial charge on any atom is -0.453 e. The second kappa shape index (κ2) is 30.1. The smallest absolute Gasteiger partial charge is 0.153 e. The van der Waals surface area contributed by atoms with Crippen molar-refractivity contribution in [2.45, 2.75) is 61.7 Å². The van der Waals surface area contributed by atoms with Gasteiger partial charge in [-0.3, -0.25) is 13.7 Å². The van der Waals surface area contributed by atoms with Gasteiger partial charge >= 0.3 is 0 Å². The molecule has 0 N–H and O–H groups in total. The number of fused-ring (bicyclic) bond motifs is 35. The summed E-state index contributed by atoms with van der Waals surface area (Å²) in [6.45, 7) is 6.50. The quantitative estimate of drug-likeness (QED) is 0.151. The summed E-state index contributed by atoms with van der Waals surface area (Å²) in [6.07, 6.45) is 2.51. The number of benzene rings is 20. The van der Waals surface area contributed by atoms with Crippen LogP contribution < -0.4 is 14.2 Å². The Labute approximate surface area is 821 Å². The largest absolute Gasteiger partial charge is 0.453 e. The first-order chi connectivity index (χ1) is 70.3. The monoisotopic (exact) mass is 1820 g/mol. The lowest BCUT2D eigenvalue weighted by Crippen LogP contribution is -2.43. The van der Waals surface area contributed by atoms with Gasteiger partial charge < -0.3 is 14.2 Å². The molecule has 0 fully saturated rings. The van der Waals surface area contributed by atoms with Crippen LogP contribution in [0.5, 0.6) is 34.5 Å². The molecule has 0 amide bonds. The molecule has 3 aliphatic heterocycles. The third-order valence-electron chi connectivity index (χ3n) is 32.3. The zero-order valence-electron chi connectivity index (χ0n) is 78.2. The van der Waals surface area contributed by atoms with Crippen molar-refractivity contribution in [3.05, 3.63) is 549 Å². The van der Waals surface area contributed by atoms with E-state index in [1.54, 1.807) is 0 Å². The molecule has 9 aliphatic rings. The molecule has 0 saturated carbocycles. The molecular formula is C133H88N6O3. The van der Waals surface area contributed by atoms with E-state index in [4.69, 9.17) is 29.2 Å². The predicted octanol–water partition coefficient (Wildman–Crippen LogP) is 31.8. The Balaban J connectivity index is 0.000000101. The van der Waals surface area contributed by atoms with Crippen LogP contribution in [0.2, 0.25) is 0 Å². The minimum absolute atomic E-state index is 0.350. The highest BCUT2D eigenvalue weighted by molar-refractivity contribution is 6.01. The average Bonchev–Trinajstić information content (AvgIpc) is 1.59. The van der Waals surface area contributed by atoms with Crippen molar-refractivity contribution in [2.24, 2.45) is 0 Å². The number of para-hydroxylation sites is 3. The van der Waals surface area contributed by atoms with Gasteiger partial charge in [0.2, 0.25) is 0 Å². The van der Waals surface area contributed by atoms with Crippen LogP contribution in [0.15, 0.2) is 443 Å².